The van der Waals surface area contributed by atoms with Crippen LogP contribution >= 0.6 is 46.4 Å². The number of ether oxygens (including phenoxy) is 6. The molecule has 2 N–H and O–H groups in total. The minimum Gasteiger partial charge on any atom is -0.396 e. The Hall–Kier alpha value is -3.41. The second-order valence-corrected chi connectivity index (χ2v) is 19.2. The molecule has 5 rings (SSSR count). The number of benzene rings is 5. The summed E-state index contributed by atoms with van der Waals surface area (Å²) in [7, 11) is 0. The molecule has 79 heavy (non-hydrogen) atoms. The van der Waals surface area contributed by atoms with Gasteiger partial charge < -0.3 is 38.6 Å². The largest absolute Gasteiger partial charge is 0.396 e. The van der Waals surface area contributed by atoms with Gasteiger partial charge in [-0.05, 0) is 106 Å². The maximum absolute atomic E-state index is 14.1. The first-order chi connectivity index (χ1) is 38.1. The van der Waals surface area contributed by atoms with Crippen LogP contribution in [0.15, 0.2) is 152 Å². The summed E-state index contributed by atoms with van der Waals surface area (Å²) in [4.78, 5) is 0. The molecule has 0 bridgehead atoms. The van der Waals surface area contributed by atoms with Crippen LogP contribution in [0.25, 0.3) is 0 Å². The molecule has 0 aliphatic carbocycles. The van der Waals surface area contributed by atoms with Gasteiger partial charge in [0.15, 0.2) is 11.3 Å². The van der Waals surface area contributed by atoms with Crippen LogP contribution < -0.4 is 0 Å². The summed E-state index contributed by atoms with van der Waals surface area (Å²) in [5.41, 5.74) is 3.04. The van der Waals surface area contributed by atoms with Gasteiger partial charge in [0.1, 0.15) is 13.2 Å². The summed E-state index contributed by atoms with van der Waals surface area (Å²) in [6.45, 7) is 9.34. The van der Waals surface area contributed by atoms with Gasteiger partial charge >= 0.3 is 0 Å². The van der Waals surface area contributed by atoms with E-state index in [1.54, 1.807) is 6.92 Å². The van der Waals surface area contributed by atoms with Crippen molar-refractivity contribution in [3.63, 3.8) is 0 Å². The Morgan fingerprint density at radius 2 is 0.810 bits per heavy atom. The van der Waals surface area contributed by atoms with Gasteiger partial charge in [0, 0.05) is 6.61 Å². The zero-order valence-electron chi connectivity index (χ0n) is 46.4. The number of alkyl halides is 9. The third-order valence-corrected chi connectivity index (χ3v) is 11.8. The van der Waals surface area contributed by atoms with Crippen molar-refractivity contribution in [2.45, 2.75) is 141 Å². The van der Waals surface area contributed by atoms with Gasteiger partial charge in [0.25, 0.3) is 0 Å². The Morgan fingerprint density at radius 3 is 1.15 bits per heavy atom. The molecule has 0 saturated carbocycles. The van der Waals surface area contributed by atoms with Crippen molar-refractivity contribution in [2.75, 3.05) is 64.6 Å². The lowest BCUT2D eigenvalue weighted by molar-refractivity contribution is -0.126. The Bertz CT molecular complexity index is 1990. The van der Waals surface area contributed by atoms with E-state index in [9.17, 15) is 22.0 Å². The van der Waals surface area contributed by atoms with Crippen molar-refractivity contribution in [1.29, 1.82) is 0 Å². The van der Waals surface area contributed by atoms with E-state index in [1.807, 2.05) is 172 Å². The molecule has 0 aromatic heterocycles. The molecule has 0 heterocycles. The highest BCUT2D eigenvalue weighted by atomic mass is 35.5. The van der Waals surface area contributed by atoms with E-state index >= 15 is 0 Å². The lowest BCUT2D eigenvalue weighted by Gasteiger charge is -2.20. The van der Waals surface area contributed by atoms with Gasteiger partial charge in [0.2, 0.25) is 19.1 Å². The maximum Gasteiger partial charge on any atom is 0.222 e. The van der Waals surface area contributed by atoms with Gasteiger partial charge in [-0.2, -0.15) is 0 Å². The monoisotopic (exact) mass is 1190 g/mol. The van der Waals surface area contributed by atoms with Crippen LogP contribution in [0.1, 0.15) is 87.6 Å². The highest BCUT2D eigenvalue weighted by molar-refractivity contribution is 6.27. The number of hydrogen-bond donors (Lipinski definition) is 2. The van der Waals surface area contributed by atoms with Crippen LogP contribution in [0.3, 0.4) is 0 Å². The van der Waals surface area contributed by atoms with Gasteiger partial charge in [-0.1, -0.05) is 189 Å². The fraction of sp³-hybridized carbons (Fsp3) is 0.516. The van der Waals surface area contributed by atoms with Crippen LogP contribution in [-0.2, 0) is 60.5 Å². The highest BCUT2D eigenvalue weighted by Crippen LogP contribution is 2.16. The number of halogens is 9. The first kappa shape index (κ1) is 75.6. The Morgan fingerprint density at radius 1 is 0.443 bits per heavy atom. The summed E-state index contributed by atoms with van der Waals surface area (Å²) < 4.78 is 95.2. The Balaban J connectivity index is 0.00000110. The predicted octanol–water partition coefficient (Wildman–Crippen LogP) is 15.8. The number of hydrogen-bond acceptors (Lipinski definition) is 8. The fourth-order valence-corrected chi connectivity index (χ4v) is 6.53. The second-order valence-electron chi connectivity index (χ2n) is 17.6. The molecule has 5 aromatic rings. The molecule has 8 atom stereocenters. The molecule has 0 aliphatic rings. The quantitative estimate of drug-likeness (QED) is 0.0244. The summed E-state index contributed by atoms with van der Waals surface area (Å²) in [5, 5.41) is 16.9. The molecule has 5 aromatic carbocycles. The minimum atomic E-state index is -1.44. The topological polar surface area (TPSA) is 95.8 Å². The lowest BCUT2D eigenvalue weighted by atomic mass is 10.1. The van der Waals surface area contributed by atoms with Crippen molar-refractivity contribution in [1.82, 2.24) is 0 Å². The molecule has 17 heteroatoms. The van der Waals surface area contributed by atoms with Crippen LogP contribution in [0.4, 0.5) is 22.0 Å². The van der Waals surface area contributed by atoms with Crippen molar-refractivity contribution in [3.05, 3.63) is 179 Å². The molecular weight excluding hydrogens is 1110 g/mol. The molecule has 0 saturated heterocycles. The molecule has 8 unspecified atom stereocenters. The zero-order valence-corrected chi connectivity index (χ0v) is 49.5. The lowest BCUT2D eigenvalue weighted by Crippen LogP contribution is -2.24. The van der Waals surface area contributed by atoms with Crippen molar-refractivity contribution in [2.24, 2.45) is 0 Å². The molecule has 8 nitrogen and oxygen atoms in total. The zero-order chi connectivity index (χ0) is 58.6. The molecule has 446 valence electrons. The second kappa shape index (κ2) is 53.9. The minimum absolute atomic E-state index is 0.0333. The summed E-state index contributed by atoms with van der Waals surface area (Å²) >= 11 is 19.8. The predicted molar refractivity (Wildman–Crippen MR) is 315 cm³/mol. The normalized spacial score (nSPS) is 13.7. The first-order valence-corrected chi connectivity index (χ1v) is 28.8. The van der Waals surface area contributed by atoms with E-state index in [0.717, 1.165) is 68.9 Å². The van der Waals surface area contributed by atoms with E-state index in [1.165, 1.54) is 16.7 Å². The molecule has 0 aliphatic heterocycles. The van der Waals surface area contributed by atoms with Gasteiger partial charge in [0.05, 0.1) is 63.1 Å². The number of aliphatic hydroxyl groups is 2. The van der Waals surface area contributed by atoms with E-state index in [-0.39, 0.29) is 56.5 Å². The van der Waals surface area contributed by atoms with Gasteiger partial charge in [-0.3, -0.25) is 0 Å². The van der Waals surface area contributed by atoms with Crippen LogP contribution in [-0.4, -0.2) is 123 Å². The van der Waals surface area contributed by atoms with Gasteiger partial charge in [-0.15, -0.1) is 23.2 Å². The van der Waals surface area contributed by atoms with E-state index in [2.05, 4.69) is 11.6 Å². The number of rotatable bonds is 33. The Labute approximate surface area is 489 Å². The standard InChI is InChI=1S/C28H40F2O4.2C10H12ClFO.C8H10O.C4H10O.C2H3Cl2F/c1-3-26(34-28(30)21-31-19-17-24-12-6-4-7-13-24)16-10-11-23(2)33-22-27(29)32-20-18-25-14-8-5-9-15-25;11-10(12)8-13-7-6-9-4-2-1-3-5-9;11-8-10(12)13-7-6-9-4-2-1-3-5-9;9-7-6-8-4-2-1-3-5-8;1-3-4(2)5;3-1-2(4)5/h4-9,12-15,23,26-28H,3,10-11,16-22H2,1-2H3;2*1-5,10H,6-8H2;1-5,9H,6-7H2;4-5H,3H2,1-2H3;2H,1H2. The average molecular weight is 1200 g/mol. The van der Waals surface area contributed by atoms with Crippen molar-refractivity contribution >= 4 is 46.4 Å². The van der Waals surface area contributed by atoms with Crippen LogP contribution in [0.5, 0.6) is 0 Å². The highest BCUT2D eigenvalue weighted by Gasteiger charge is 2.16. The van der Waals surface area contributed by atoms with Crippen LogP contribution in [0, 0.1) is 0 Å². The average Bonchev–Trinajstić information content (AvgIpc) is 3.46. The summed E-state index contributed by atoms with van der Waals surface area (Å²) in [5.74, 6) is -0.226. The van der Waals surface area contributed by atoms with Crippen LogP contribution in [0.2, 0.25) is 0 Å². The molecule has 0 spiro atoms. The smallest absolute Gasteiger partial charge is 0.222 e. The maximum atomic E-state index is 14.1. The van der Waals surface area contributed by atoms with Gasteiger partial charge in [-0.25, -0.2) is 22.0 Å². The Kier molecular flexibility index (Phi) is 51.5. The summed E-state index contributed by atoms with van der Waals surface area (Å²) in [6, 6.07) is 49.5. The fourth-order valence-electron chi connectivity index (χ4n) is 6.36. The third-order valence-electron chi connectivity index (χ3n) is 10.8. The SMILES string of the molecule is CCC(C)O.CCC(CCCC(C)OCC(F)OCCc1ccccc1)OC(F)COCCc1ccccc1.FC(CCl)OCCc1ccccc1.FC(Cl)CCl.FC(Cl)COCCc1ccccc1.OCCc1ccccc1. The number of aliphatic hydroxyl groups excluding tert-OH is 2. The van der Waals surface area contributed by atoms with Crippen molar-refractivity contribution < 1.29 is 60.6 Å². The van der Waals surface area contributed by atoms with Crippen molar-refractivity contribution in [3.8, 4) is 0 Å². The molecule has 0 fully saturated rings. The first-order valence-electron chi connectivity index (χ1n) is 26.9. The molecule has 0 radical (unpaired) electrons. The van der Waals surface area contributed by atoms with E-state index in [0.29, 0.717) is 32.8 Å². The molecule has 0 amide bonds. The van der Waals surface area contributed by atoms with E-state index < -0.39 is 30.3 Å². The molecular formula is C62H87Cl4F5O8. The van der Waals surface area contributed by atoms with E-state index in [4.69, 9.17) is 73.4 Å². The summed E-state index contributed by atoms with van der Waals surface area (Å²) in [6.07, 6.45) is 2.97. The third kappa shape index (κ3) is 50.1.